The first kappa shape index (κ1) is 14.7. The molecule has 0 heterocycles. The first-order chi connectivity index (χ1) is 8.28. The Balaban J connectivity index is 2.49. The zero-order valence-corrected chi connectivity index (χ0v) is 11.4. The van der Waals surface area contributed by atoms with Gasteiger partial charge >= 0.3 is 6.09 Å². The van der Waals surface area contributed by atoms with Crippen LogP contribution in [0.3, 0.4) is 0 Å². The van der Waals surface area contributed by atoms with E-state index in [2.05, 4.69) is 5.32 Å². The van der Waals surface area contributed by atoms with E-state index < -0.39 is 22.8 Å². The largest absolute Gasteiger partial charge is 0.444 e. The molecule has 0 spiro atoms. The highest BCUT2D eigenvalue weighted by Gasteiger charge is 2.15. The monoisotopic (exact) mass is 271 g/mol. The Kier molecular flexibility index (Phi) is 4.86. The second-order valence-corrected chi connectivity index (χ2v) is 5.72. The van der Waals surface area contributed by atoms with Gasteiger partial charge in [0.25, 0.3) is 0 Å². The molecule has 0 aliphatic heterocycles. The van der Waals surface area contributed by atoms with Gasteiger partial charge in [0, 0.05) is 6.54 Å². The maximum Gasteiger partial charge on any atom is 0.407 e. The molecule has 0 aliphatic carbocycles. The molecule has 1 rings (SSSR count). The number of amides is 1. The lowest BCUT2D eigenvalue weighted by atomic mass is 10.2. The summed E-state index contributed by atoms with van der Waals surface area (Å²) >= 11 is -1.98. The molecule has 0 aliphatic rings. The minimum atomic E-state index is -1.98. The summed E-state index contributed by atoms with van der Waals surface area (Å²) in [6.07, 6.45) is -0.489. The molecule has 18 heavy (non-hydrogen) atoms. The van der Waals surface area contributed by atoms with Crippen LogP contribution < -0.4 is 5.32 Å². The van der Waals surface area contributed by atoms with Crippen LogP contribution >= 0.6 is 0 Å². The number of carbonyl (C=O) groups is 1. The van der Waals surface area contributed by atoms with Crippen molar-refractivity contribution in [1.82, 2.24) is 5.32 Å². The highest BCUT2D eigenvalue weighted by atomic mass is 32.2. The Morgan fingerprint density at radius 1 is 1.33 bits per heavy atom. The quantitative estimate of drug-likeness (QED) is 0.827. The normalized spacial score (nSPS) is 12.9. The molecule has 5 nitrogen and oxygen atoms in total. The van der Waals surface area contributed by atoms with Gasteiger partial charge in [-0.05, 0) is 38.5 Å². The third-order valence-electron chi connectivity index (χ3n) is 1.96. The number of ether oxygens (including phenoxy) is 1. The smallest absolute Gasteiger partial charge is 0.407 e. The van der Waals surface area contributed by atoms with E-state index >= 15 is 0 Å². The zero-order valence-electron chi connectivity index (χ0n) is 10.6. The van der Waals surface area contributed by atoms with Crippen LogP contribution in [0.15, 0.2) is 29.2 Å². The predicted molar refractivity (Wildman–Crippen MR) is 68.6 cm³/mol. The molecule has 6 heteroatoms. The van der Waals surface area contributed by atoms with Gasteiger partial charge in [-0.15, -0.1) is 0 Å². The van der Waals surface area contributed by atoms with Crippen molar-refractivity contribution in [3.05, 3.63) is 29.8 Å². The first-order valence-corrected chi connectivity index (χ1v) is 6.55. The topological polar surface area (TPSA) is 75.6 Å². The van der Waals surface area contributed by atoms with Crippen LogP contribution in [0, 0.1) is 0 Å². The third-order valence-corrected chi connectivity index (χ3v) is 2.64. The zero-order chi connectivity index (χ0) is 13.8. The second kappa shape index (κ2) is 5.97. The second-order valence-electron chi connectivity index (χ2n) is 4.75. The number of alkyl carbamates (subject to hydrolysis) is 1. The van der Waals surface area contributed by atoms with Crippen molar-refractivity contribution in [3.8, 4) is 0 Å². The van der Waals surface area contributed by atoms with E-state index in [1.807, 2.05) is 0 Å². The summed E-state index contributed by atoms with van der Waals surface area (Å²) < 4.78 is 24.7. The molecule has 0 bridgehead atoms. The summed E-state index contributed by atoms with van der Waals surface area (Å²) in [6, 6.07) is 6.45. The van der Waals surface area contributed by atoms with Gasteiger partial charge in [0.05, 0.1) is 4.90 Å². The van der Waals surface area contributed by atoms with Crippen LogP contribution in [0.1, 0.15) is 26.3 Å². The van der Waals surface area contributed by atoms with Crippen molar-refractivity contribution in [2.75, 3.05) is 0 Å². The van der Waals surface area contributed by atoms with Gasteiger partial charge in [-0.3, -0.25) is 0 Å². The van der Waals surface area contributed by atoms with Gasteiger partial charge in [0.1, 0.15) is 5.60 Å². The Hall–Kier alpha value is -1.40. The van der Waals surface area contributed by atoms with Crippen LogP contribution in [0.2, 0.25) is 0 Å². The van der Waals surface area contributed by atoms with E-state index in [9.17, 15) is 9.00 Å². The summed E-state index contributed by atoms with van der Waals surface area (Å²) in [5.41, 5.74) is 0.303. The van der Waals surface area contributed by atoms with Gasteiger partial charge in [-0.1, -0.05) is 12.1 Å². The van der Waals surface area contributed by atoms with Crippen LogP contribution in [-0.2, 0) is 22.4 Å². The highest BCUT2D eigenvalue weighted by Crippen LogP contribution is 2.09. The van der Waals surface area contributed by atoms with Crippen molar-refractivity contribution in [3.63, 3.8) is 0 Å². The van der Waals surface area contributed by atoms with Crippen molar-refractivity contribution < 1.29 is 18.3 Å². The minimum absolute atomic E-state index is 0.313. The van der Waals surface area contributed by atoms with E-state index in [0.717, 1.165) is 5.56 Å². The Bertz CT molecular complexity index is 436. The van der Waals surface area contributed by atoms with Crippen LogP contribution in [-0.4, -0.2) is 20.5 Å². The Morgan fingerprint density at radius 2 is 1.89 bits per heavy atom. The van der Waals surface area contributed by atoms with E-state index in [0.29, 0.717) is 11.4 Å². The van der Waals surface area contributed by atoms with Gasteiger partial charge in [0.15, 0.2) is 11.1 Å². The summed E-state index contributed by atoms with van der Waals surface area (Å²) in [5, 5.41) is 2.60. The standard InChI is InChI=1S/C12H17NO4S/c1-12(2,3)17-11(14)13-8-9-4-6-10(7-5-9)18(15)16/h4-7H,8H2,1-3H3,(H,13,14)(H,15,16). The van der Waals surface area contributed by atoms with E-state index in [-0.39, 0.29) is 0 Å². The molecular weight excluding hydrogens is 254 g/mol. The lowest BCUT2D eigenvalue weighted by Crippen LogP contribution is -2.32. The molecule has 0 saturated heterocycles. The molecule has 100 valence electrons. The lowest BCUT2D eigenvalue weighted by Gasteiger charge is -2.19. The molecule has 1 aromatic carbocycles. The lowest BCUT2D eigenvalue weighted by molar-refractivity contribution is 0.0523. The predicted octanol–water partition coefficient (Wildman–Crippen LogP) is 2.29. The number of rotatable bonds is 3. The van der Waals surface area contributed by atoms with Crippen LogP contribution in [0.4, 0.5) is 4.79 Å². The Labute approximate surface area is 109 Å². The average molecular weight is 271 g/mol. The van der Waals surface area contributed by atoms with Crippen LogP contribution in [0.5, 0.6) is 0 Å². The number of carbonyl (C=O) groups excluding carboxylic acids is 1. The summed E-state index contributed by atoms with van der Waals surface area (Å²) in [6.45, 7) is 5.68. The van der Waals surface area contributed by atoms with Gasteiger partial charge in [-0.2, -0.15) is 0 Å². The highest BCUT2D eigenvalue weighted by molar-refractivity contribution is 7.79. The Morgan fingerprint density at radius 3 is 2.33 bits per heavy atom. The fourth-order valence-electron chi connectivity index (χ4n) is 1.21. The van der Waals surface area contributed by atoms with Crippen molar-refractivity contribution in [2.45, 2.75) is 37.8 Å². The molecule has 0 aromatic heterocycles. The molecular formula is C12H17NO4S. The van der Waals surface area contributed by atoms with E-state index in [1.165, 1.54) is 0 Å². The molecule has 0 radical (unpaired) electrons. The number of hydrogen-bond acceptors (Lipinski definition) is 3. The van der Waals surface area contributed by atoms with Crippen LogP contribution in [0.25, 0.3) is 0 Å². The number of hydrogen-bond donors (Lipinski definition) is 2. The van der Waals surface area contributed by atoms with E-state index in [1.54, 1.807) is 45.0 Å². The minimum Gasteiger partial charge on any atom is -0.444 e. The van der Waals surface area contributed by atoms with E-state index in [4.69, 9.17) is 9.29 Å². The summed E-state index contributed by atoms with van der Waals surface area (Å²) in [5.74, 6) is 0. The summed E-state index contributed by atoms with van der Waals surface area (Å²) in [4.78, 5) is 11.7. The molecule has 0 saturated carbocycles. The maximum atomic E-state index is 11.4. The molecule has 1 amide bonds. The number of nitrogens with one attached hydrogen (secondary N) is 1. The summed E-state index contributed by atoms with van der Waals surface area (Å²) in [7, 11) is 0. The van der Waals surface area contributed by atoms with Gasteiger partial charge in [0.2, 0.25) is 0 Å². The number of benzene rings is 1. The van der Waals surface area contributed by atoms with Crippen molar-refractivity contribution in [1.29, 1.82) is 0 Å². The van der Waals surface area contributed by atoms with Gasteiger partial charge < -0.3 is 14.6 Å². The molecule has 1 unspecified atom stereocenters. The molecule has 1 atom stereocenters. The third kappa shape index (κ3) is 5.29. The fourth-order valence-corrected chi connectivity index (χ4v) is 1.58. The molecule has 1 aromatic rings. The fraction of sp³-hybridized carbons (Fsp3) is 0.417. The van der Waals surface area contributed by atoms with Gasteiger partial charge in [-0.25, -0.2) is 9.00 Å². The van der Waals surface area contributed by atoms with Crippen molar-refractivity contribution >= 4 is 17.2 Å². The average Bonchev–Trinajstić information content (AvgIpc) is 2.24. The maximum absolute atomic E-state index is 11.4. The first-order valence-electron chi connectivity index (χ1n) is 5.44. The molecule has 2 N–H and O–H groups in total. The van der Waals surface area contributed by atoms with Crippen molar-refractivity contribution in [2.24, 2.45) is 0 Å². The molecule has 0 fully saturated rings. The SMILES string of the molecule is CC(C)(C)OC(=O)NCc1ccc(S(=O)O)cc1.